The van der Waals surface area contributed by atoms with Crippen LogP contribution in [0.25, 0.3) is 0 Å². The van der Waals surface area contributed by atoms with Crippen LogP contribution in [-0.2, 0) is 53.9 Å². The summed E-state index contributed by atoms with van der Waals surface area (Å²) in [6, 6.07) is 6.02. The predicted molar refractivity (Wildman–Crippen MR) is 198 cm³/mol. The predicted octanol–water partition coefficient (Wildman–Crippen LogP) is -7.37. The van der Waals surface area contributed by atoms with E-state index in [4.69, 9.17) is 42.6 Å². The van der Waals surface area contributed by atoms with E-state index in [1.165, 1.54) is 0 Å². The fourth-order valence-electron chi connectivity index (χ4n) is 8.10. The highest BCUT2D eigenvalue weighted by atomic mass is 16.8. The highest BCUT2D eigenvalue weighted by molar-refractivity contribution is 6.40. The number of hydrogen-bond acceptors (Lipinski definition) is 23. The van der Waals surface area contributed by atoms with Crippen LogP contribution < -0.4 is 10.1 Å². The maximum atomic E-state index is 12.2. The fourth-order valence-corrected chi connectivity index (χ4v) is 8.10. The number of carbonyl (C=O) groups excluding carboxylic acids is 2. The van der Waals surface area contributed by atoms with Crippen LogP contribution in [0, 0.1) is 5.41 Å². The van der Waals surface area contributed by atoms with Crippen molar-refractivity contribution in [1.29, 1.82) is 0 Å². The lowest BCUT2D eigenvalue weighted by Crippen LogP contribution is -2.67. The highest BCUT2D eigenvalue weighted by Gasteiger charge is 2.56. The first kappa shape index (κ1) is 48.8. The van der Waals surface area contributed by atoms with Crippen molar-refractivity contribution in [3.63, 3.8) is 0 Å². The Hall–Kier alpha value is -2.64. The van der Waals surface area contributed by atoms with Crippen molar-refractivity contribution >= 4 is 11.7 Å². The second-order valence-electron chi connectivity index (χ2n) is 16.4. The SMILES string of the molecule is CO[C@H]1[C@H](O[C@H]2[C@H](O)[C@@H](O)[C@H](Oc3ccc(CC4NC(=O)C(=O)C4(C)C)cc3)O[C@@H]2CO)O[C@H](CO)[C@@H](O[C@@H]2O[C@H](CO)[C@@H](O[C@@H]3O[C@H](CO)[C@@H](O)[C@H](O)[C@H]3O)[C@H](O)[C@H]2O)[C@@H]1O. The van der Waals surface area contributed by atoms with E-state index < -0.39 is 172 Å². The minimum absolute atomic E-state index is 0.198. The number of aliphatic hydroxyl groups is 12. The number of aliphatic hydroxyl groups excluding tert-OH is 12. The number of Topliss-reactive ketones (excluding diaryl/α,β-unsaturated/α-hetero) is 1. The summed E-state index contributed by atoms with van der Waals surface area (Å²) >= 11 is 0. The Bertz CT molecular complexity index is 1630. The molecule has 1 amide bonds. The van der Waals surface area contributed by atoms with Crippen LogP contribution >= 0.6 is 0 Å². The van der Waals surface area contributed by atoms with Crippen molar-refractivity contribution in [3.05, 3.63) is 29.8 Å². The van der Waals surface area contributed by atoms with Gasteiger partial charge in [0.25, 0.3) is 5.91 Å². The van der Waals surface area contributed by atoms with Gasteiger partial charge in [0.1, 0.15) is 103 Å². The van der Waals surface area contributed by atoms with Crippen LogP contribution in [-0.4, -0.2) is 235 Å². The van der Waals surface area contributed by atoms with Crippen LogP contribution in [0.5, 0.6) is 5.75 Å². The molecular formula is C38H57NO23. The van der Waals surface area contributed by atoms with Gasteiger partial charge in [-0.15, -0.1) is 0 Å². The Morgan fingerprint density at radius 3 is 1.47 bits per heavy atom. The second-order valence-corrected chi connectivity index (χ2v) is 16.4. The summed E-state index contributed by atoms with van der Waals surface area (Å²) in [5.74, 6) is -0.956. The molecule has 1 unspecified atom stereocenters. The summed E-state index contributed by atoms with van der Waals surface area (Å²) in [5.41, 5.74) is -0.147. The van der Waals surface area contributed by atoms with Crippen molar-refractivity contribution in [2.45, 2.75) is 149 Å². The molecule has 5 heterocycles. The minimum atomic E-state index is -2.01. The number of benzene rings is 1. The Labute approximate surface area is 354 Å². The maximum Gasteiger partial charge on any atom is 0.288 e. The zero-order valence-corrected chi connectivity index (χ0v) is 33.8. The first-order valence-corrected chi connectivity index (χ1v) is 20.0. The van der Waals surface area contributed by atoms with Gasteiger partial charge in [-0.25, -0.2) is 0 Å². The first-order valence-electron chi connectivity index (χ1n) is 20.0. The van der Waals surface area contributed by atoms with E-state index in [1.54, 1.807) is 38.1 Å². The van der Waals surface area contributed by atoms with Gasteiger partial charge in [-0.2, -0.15) is 0 Å². The molecule has 1 aromatic rings. The van der Waals surface area contributed by atoms with Gasteiger partial charge in [0.15, 0.2) is 18.9 Å². The Morgan fingerprint density at radius 2 is 0.984 bits per heavy atom. The Morgan fingerprint density at radius 1 is 0.548 bits per heavy atom. The average Bonchev–Trinajstić information content (AvgIpc) is 3.45. The summed E-state index contributed by atoms with van der Waals surface area (Å²) in [6.07, 6.45) is -33.4. The van der Waals surface area contributed by atoms with Crippen molar-refractivity contribution < 1.29 is 113 Å². The smallest absolute Gasteiger partial charge is 0.288 e. The van der Waals surface area contributed by atoms with Crippen molar-refractivity contribution in [2.75, 3.05) is 33.5 Å². The molecule has 0 aromatic heterocycles. The zero-order chi connectivity index (χ0) is 45.4. The molecule has 352 valence electrons. The van der Waals surface area contributed by atoms with Gasteiger partial charge in [0.2, 0.25) is 12.1 Å². The van der Waals surface area contributed by atoms with E-state index in [0.29, 0.717) is 6.42 Å². The van der Waals surface area contributed by atoms with Gasteiger partial charge in [-0.3, -0.25) is 9.59 Å². The van der Waals surface area contributed by atoms with Crippen LogP contribution in [0.1, 0.15) is 19.4 Å². The average molecular weight is 896 g/mol. The summed E-state index contributed by atoms with van der Waals surface area (Å²) in [5, 5.41) is 129. The zero-order valence-electron chi connectivity index (χ0n) is 33.8. The standard InChI is InChI=1S/C38H57NO23/c1-38(2)19(39-33(53)32(38)52)8-13-4-6-14(7-5-13)55-34-25(49)22(46)29(17(11-42)57-34)62-37-31(54-3)27(51)30(18(12-43)59-37)61-36-26(50)23(47)28(16(10-41)58-36)60-35-24(48)21(45)20(44)15(9-40)56-35/h4-7,15-31,34-37,40-51H,8-12H2,1-3H3,(H,39,53)/t15-,16-,17-,18-,19?,20-,21+,22-,23-,24-,25-,26-,27+,28-,29-,30-,31-,34-,35+,36+,37+/m1/s1. The van der Waals surface area contributed by atoms with E-state index in [-0.39, 0.29) is 5.75 Å². The van der Waals surface area contributed by atoms with Crippen LogP contribution in [0.3, 0.4) is 0 Å². The number of methoxy groups -OCH3 is 1. The Kier molecular flexibility index (Phi) is 15.9. The van der Waals surface area contributed by atoms with E-state index in [1.807, 2.05) is 0 Å². The maximum absolute atomic E-state index is 12.2. The first-order chi connectivity index (χ1) is 29.4. The van der Waals surface area contributed by atoms with E-state index in [9.17, 15) is 70.9 Å². The van der Waals surface area contributed by atoms with Gasteiger partial charge in [0.05, 0.1) is 31.8 Å². The molecule has 5 aliphatic rings. The molecule has 5 aliphatic heterocycles. The van der Waals surface area contributed by atoms with Crippen molar-refractivity contribution in [3.8, 4) is 5.75 Å². The van der Waals surface area contributed by atoms with Gasteiger partial charge in [0, 0.05) is 13.2 Å². The molecule has 62 heavy (non-hydrogen) atoms. The third kappa shape index (κ3) is 9.66. The number of carbonyl (C=O) groups is 2. The second kappa shape index (κ2) is 20.3. The molecule has 13 N–H and O–H groups in total. The molecule has 5 saturated heterocycles. The number of nitrogens with one attached hydrogen (secondary N) is 1. The van der Waals surface area contributed by atoms with Gasteiger partial charge in [-0.05, 0) is 24.1 Å². The van der Waals surface area contributed by atoms with Crippen molar-refractivity contribution in [1.82, 2.24) is 5.32 Å². The molecule has 6 rings (SSSR count). The van der Waals surface area contributed by atoms with Gasteiger partial charge >= 0.3 is 0 Å². The largest absolute Gasteiger partial charge is 0.462 e. The van der Waals surface area contributed by atoms with Crippen LogP contribution in [0.4, 0.5) is 0 Å². The molecule has 24 nitrogen and oxygen atoms in total. The summed E-state index contributed by atoms with van der Waals surface area (Å²) in [7, 11) is 1.15. The van der Waals surface area contributed by atoms with Gasteiger partial charge < -0.3 is 109 Å². The highest BCUT2D eigenvalue weighted by Crippen LogP contribution is 2.36. The molecule has 21 atom stereocenters. The number of ether oxygens (including phenoxy) is 9. The molecule has 0 bridgehead atoms. The number of amides is 1. The molecule has 1 aromatic carbocycles. The van der Waals surface area contributed by atoms with Gasteiger partial charge in [-0.1, -0.05) is 26.0 Å². The van der Waals surface area contributed by atoms with E-state index in [0.717, 1.165) is 12.7 Å². The third-order valence-electron chi connectivity index (χ3n) is 12.0. The monoisotopic (exact) mass is 895 g/mol. The lowest BCUT2D eigenvalue weighted by Gasteiger charge is -2.49. The fraction of sp³-hybridized carbons (Fsp3) is 0.789. The number of rotatable bonds is 15. The summed E-state index contributed by atoms with van der Waals surface area (Å²) in [6.45, 7) is 0.0442. The lowest BCUT2D eigenvalue weighted by molar-refractivity contribution is -0.388. The van der Waals surface area contributed by atoms with Crippen LogP contribution in [0.15, 0.2) is 24.3 Å². The Balaban J connectivity index is 1.07. The van der Waals surface area contributed by atoms with Crippen LogP contribution in [0.2, 0.25) is 0 Å². The third-order valence-corrected chi connectivity index (χ3v) is 12.0. The lowest BCUT2D eigenvalue weighted by atomic mass is 9.81. The topological polar surface area (TPSA) is 372 Å². The molecule has 0 aliphatic carbocycles. The molecule has 0 radical (unpaired) electrons. The summed E-state index contributed by atoms with van der Waals surface area (Å²) < 4.78 is 51.2. The molecule has 5 fully saturated rings. The van der Waals surface area contributed by atoms with Crippen molar-refractivity contribution in [2.24, 2.45) is 5.41 Å². The number of hydrogen-bond donors (Lipinski definition) is 13. The quantitative estimate of drug-likeness (QED) is 0.0727. The normalized spacial score (nSPS) is 44.9. The summed E-state index contributed by atoms with van der Waals surface area (Å²) in [4.78, 5) is 24.1. The molecule has 24 heteroatoms. The minimum Gasteiger partial charge on any atom is -0.462 e. The molecular weight excluding hydrogens is 838 g/mol. The molecule has 0 spiro atoms. The number of ketones is 1. The van der Waals surface area contributed by atoms with E-state index in [2.05, 4.69) is 5.32 Å². The molecule has 0 saturated carbocycles. The van der Waals surface area contributed by atoms with E-state index >= 15 is 0 Å².